The van der Waals surface area contributed by atoms with Gasteiger partial charge in [0.2, 0.25) is 0 Å². The molecule has 0 radical (unpaired) electrons. The van der Waals surface area contributed by atoms with Crippen molar-refractivity contribution >= 4 is 17.9 Å². The molecular formula is C20H21N3O. The van der Waals surface area contributed by atoms with Crippen LogP contribution >= 0.6 is 0 Å². The van der Waals surface area contributed by atoms with Crippen molar-refractivity contribution < 1.29 is 4.74 Å². The highest BCUT2D eigenvalue weighted by Crippen LogP contribution is 2.25. The Morgan fingerprint density at radius 3 is 2.62 bits per heavy atom. The molecule has 2 aromatic heterocycles. The summed E-state index contributed by atoms with van der Waals surface area (Å²) in [6.45, 7) is 9.55. The van der Waals surface area contributed by atoms with Crippen LogP contribution in [0, 0.1) is 0 Å². The van der Waals surface area contributed by atoms with E-state index in [1.165, 1.54) is 0 Å². The van der Waals surface area contributed by atoms with Crippen LogP contribution in [-0.2, 0) is 0 Å². The maximum Gasteiger partial charge on any atom is 0.137 e. The highest BCUT2D eigenvalue weighted by Gasteiger charge is 2.07. The summed E-state index contributed by atoms with van der Waals surface area (Å²) in [4.78, 5) is 8.33. The third-order valence-corrected chi connectivity index (χ3v) is 3.76. The molecule has 0 aliphatic heterocycles. The lowest BCUT2D eigenvalue weighted by molar-refractivity contribution is 0.242. The standard InChI is InChI=1S/C20H21N3O/c1-14(2)24-18-7-5-16(6-8-18)17-9-10-23-19(15(3)12-21-4)13-22-20(23)11-17/h5-14H,4H2,1-3H3. The number of rotatable bonds is 5. The van der Waals surface area contributed by atoms with E-state index < -0.39 is 0 Å². The van der Waals surface area contributed by atoms with E-state index in [1.54, 1.807) is 6.20 Å². The van der Waals surface area contributed by atoms with Gasteiger partial charge in [-0.25, -0.2) is 4.98 Å². The van der Waals surface area contributed by atoms with Crippen molar-refractivity contribution in [3.63, 3.8) is 0 Å². The summed E-state index contributed by atoms with van der Waals surface area (Å²) in [5, 5.41) is 0. The lowest BCUT2D eigenvalue weighted by atomic mass is 10.1. The Morgan fingerprint density at radius 2 is 1.96 bits per heavy atom. The normalized spacial score (nSPS) is 11.9. The van der Waals surface area contributed by atoms with Crippen LogP contribution in [0.2, 0.25) is 0 Å². The minimum Gasteiger partial charge on any atom is -0.491 e. The van der Waals surface area contributed by atoms with E-state index in [9.17, 15) is 0 Å². The SMILES string of the molecule is C=NC=C(C)c1cnc2cc(-c3ccc(OC(C)C)cc3)ccn12. The molecule has 0 bridgehead atoms. The van der Waals surface area contributed by atoms with Gasteiger partial charge >= 0.3 is 0 Å². The molecule has 0 spiro atoms. The van der Waals surface area contributed by atoms with E-state index in [0.29, 0.717) is 0 Å². The molecule has 0 aliphatic rings. The van der Waals surface area contributed by atoms with Crippen LogP contribution in [-0.4, -0.2) is 22.2 Å². The van der Waals surface area contributed by atoms with Crippen LogP contribution in [0.3, 0.4) is 0 Å². The average molecular weight is 319 g/mol. The Hall–Kier alpha value is -2.88. The summed E-state index contributed by atoms with van der Waals surface area (Å²) in [7, 11) is 0. The molecule has 0 aliphatic carbocycles. The molecule has 24 heavy (non-hydrogen) atoms. The Kier molecular flexibility index (Phi) is 4.47. The number of pyridine rings is 1. The van der Waals surface area contributed by atoms with Gasteiger partial charge in [0.1, 0.15) is 11.4 Å². The predicted octanol–water partition coefficient (Wildman–Crippen LogP) is 4.85. The third-order valence-electron chi connectivity index (χ3n) is 3.76. The van der Waals surface area contributed by atoms with Crippen LogP contribution in [0.25, 0.3) is 22.3 Å². The first kappa shape index (κ1) is 16.0. The van der Waals surface area contributed by atoms with Crippen molar-refractivity contribution in [1.29, 1.82) is 0 Å². The monoisotopic (exact) mass is 319 g/mol. The highest BCUT2D eigenvalue weighted by molar-refractivity contribution is 5.70. The third kappa shape index (κ3) is 3.23. The van der Waals surface area contributed by atoms with Gasteiger partial charge in [-0.1, -0.05) is 12.1 Å². The fraction of sp³-hybridized carbons (Fsp3) is 0.200. The van der Waals surface area contributed by atoms with E-state index in [1.807, 2.05) is 45.3 Å². The number of aliphatic imine (C=N–C) groups is 1. The largest absolute Gasteiger partial charge is 0.491 e. The molecule has 0 amide bonds. The second-order valence-electron chi connectivity index (χ2n) is 5.97. The fourth-order valence-corrected chi connectivity index (χ4v) is 2.65. The van der Waals surface area contributed by atoms with Gasteiger partial charge in [-0.15, -0.1) is 0 Å². The number of allylic oxidation sites excluding steroid dienone is 1. The molecule has 122 valence electrons. The summed E-state index contributed by atoms with van der Waals surface area (Å²) in [6.07, 6.45) is 5.81. The Bertz CT molecular complexity index is 889. The second-order valence-corrected chi connectivity index (χ2v) is 5.97. The molecule has 0 saturated carbocycles. The van der Waals surface area contributed by atoms with Crippen LogP contribution in [0.4, 0.5) is 0 Å². The summed E-state index contributed by atoms with van der Waals surface area (Å²) in [6, 6.07) is 12.3. The Morgan fingerprint density at radius 1 is 1.21 bits per heavy atom. The lowest BCUT2D eigenvalue weighted by Crippen LogP contribution is -2.05. The Labute approximate surface area is 142 Å². The fourth-order valence-electron chi connectivity index (χ4n) is 2.65. The zero-order valence-corrected chi connectivity index (χ0v) is 14.2. The van der Waals surface area contributed by atoms with Crippen molar-refractivity contribution in [2.45, 2.75) is 26.9 Å². The van der Waals surface area contributed by atoms with Gasteiger partial charge in [-0.05, 0) is 68.5 Å². The van der Waals surface area contributed by atoms with E-state index in [0.717, 1.165) is 33.8 Å². The molecule has 0 atom stereocenters. The van der Waals surface area contributed by atoms with Gasteiger partial charge in [0.25, 0.3) is 0 Å². The molecule has 0 unspecified atom stereocenters. The van der Waals surface area contributed by atoms with Gasteiger partial charge in [0, 0.05) is 12.4 Å². The van der Waals surface area contributed by atoms with Crippen LogP contribution in [0.1, 0.15) is 26.5 Å². The van der Waals surface area contributed by atoms with Crippen molar-refractivity contribution in [1.82, 2.24) is 9.38 Å². The van der Waals surface area contributed by atoms with Crippen molar-refractivity contribution in [2.24, 2.45) is 4.99 Å². The highest BCUT2D eigenvalue weighted by atomic mass is 16.5. The zero-order valence-electron chi connectivity index (χ0n) is 14.2. The van der Waals surface area contributed by atoms with Gasteiger partial charge in [-0.2, -0.15) is 0 Å². The average Bonchev–Trinajstić information content (AvgIpc) is 2.98. The van der Waals surface area contributed by atoms with Crippen LogP contribution in [0.15, 0.2) is 60.0 Å². The lowest BCUT2D eigenvalue weighted by Gasteiger charge is -2.10. The molecule has 0 saturated heterocycles. The number of aromatic nitrogens is 2. The first-order valence-electron chi connectivity index (χ1n) is 7.95. The maximum atomic E-state index is 5.69. The smallest absolute Gasteiger partial charge is 0.137 e. The van der Waals surface area contributed by atoms with Gasteiger partial charge in [0.15, 0.2) is 0 Å². The maximum absolute atomic E-state index is 5.69. The molecule has 0 N–H and O–H groups in total. The first-order valence-corrected chi connectivity index (χ1v) is 7.95. The zero-order chi connectivity index (χ0) is 17.1. The molecular weight excluding hydrogens is 298 g/mol. The summed E-state index contributed by atoms with van der Waals surface area (Å²) in [5.41, 5.74) is 5.21. The van der Waals surface area contributed by atoms with Gasteiger partial charge in [-0.3, -0.25) is 9.39 Å². The van der Waals surface area contributed by atoms with E-state index in [4.69, 9.17) is 4.74 Å². The number of hydrogen-bond acceptors (Lipinski definition) is 3. The number of nitrogens with zero attached hydrogens (tertiary/aromatic N) is 3. The molecule has 2 heterocycles. The molecule has 4 nitrogen and oxygen atoms in total. The Balaban J connectivity index is 1.94. The number of fused-ring (bicyclic) bond motifs is 1. The van der Waals surface area contributed by atoms with E-state index in [-0.39, 0.29) is 6.10 Å². The number of imidazole rings is 1. The molecule has 1 aromatic carbocycles. The minimum absolute atomic E-state index is 0.178. The quantitative estimate of drug-likeness (QED) is 0.631. The van der Waals surface area contributed by atoms with Gasteiger partial charge < -0.3 is 4.74 Å². The number of ether oxygens (including phenoxy) is 1. The topological polar surface area (TPSA) is 38.9 Å². The summed E-state index contributed by atoms with van der Waals surface area (Å²) in [5.74, 6) is 0.885. The van der Waals surface area contributed by atoms with Gasteiger partial charge in [0.05, 0.1) is 18.0 Å². The molecule has 4 heteroatoms. The number of benzene rings is 1. The van der Waals surface area contributed by atoms with Crippen LogP contribution < -0.4 is 4.74 Å². The second kappa shape index (κ2) is 6.71. The van der Waals surface area contributed by atoms with E-state index >= 15 is 0 Å². The van der Waals surface area contributed by atoms with Crippen molar-refractivity contribution in [2.75, 3.05) is 0 Å². The molecule has 0 fully saturated rings. The summed E-state index contributed by atoms with van der Waals surface area (Å²) >= 11 is 0. The molecule has 3 aromatic rings. The van der Waals surface area contributed by atoms with E-state index in [2.05, 4.69) is 45.4 Å². The predicted molar refractivity (Wildman–Crippen MR) is 99.6 cm³/mol. The van der Waals surface area contributed by atoms with Crippen LogP contribution in [0.5, 0.6) is 5.75 Å². The first-order chi connectivity index (χ1) is 11.6. The van der Waals surface area contributed by atoms with Crippen molar-refractivity contribution in [3.05, 3.63) is 60.7 Å². The molecule has 3 rings (SSSR count). The summed E-state index contributed by atoms with van der Waals surface area (Å²) < 4.78 is 7.74. The van der Waals surface area contributed by atoms with Crippen molar-refractivity contribution in [3.8, 4) is 16.9 Å². The minimum atomic E-state index is 0.178. The number of hydrogen-bond donors (Lipinski definition) is 0.